The van der Waals surface area contributed by atoms with Gasteiger partial charge in [-0.3, -0.25) is 9.79 Å². The average Bonchev–Trinajstić information content (AvgIpc) is 2.87. The maximum Gasteiger partial charge on any atom is 0.416 e. The molecule has 1 N–H and O–H groups in total. The van der Waals surface area contributed by atoms with Crippen LogP contribution in [0.3, 0.4) is 0 Å². The molecule has 0 spiro atoms. The van der Waals surface area contributed by atoms with Crippen molar-refractivity contribution in [2.24, 2.45) is 10.9 Å². The lowest BCUT2D eigenvalue weighted by molar-refractivity contribution is -0.143. The van der Waals surface area contributed by atoms with Gasteiger partial charge in [0.15, 0.2) is 0 Å². The second kappa shape index (κ2) is 11.9. The largest absolute Gasteiger partial charge is 0.416 e. The lowest BCUT2D eigenvalue weighted by atomic mass is 9.89. The van der Waals surface area contributed by atoms with Gasteiger partial charge in [-0.15, -0.1) is 0 Å². The van der Waals surface area contributed by atoms with E-state index in [9.17, 15) is 31.1 Å². The van der Waals surface area contributed by atoms with E-state index in [4.69, 9.17) is 0 Å². The molecule has 2 aromatic rings. The smallest absolute Gasteiger partial charge is 0.351 e. The highest BCUT2D eigenvalue weighted by Gasteiger charge is 2.37. The monoisotopic (exact) mass is 525 g/mol. The molecule has 1 heterocycles. The van der Waals surface area contributed by atoms with Crippen LogP contribution in [0.15, 0.2) is 65.8 Å². The first-order chi connectivity index (χ1) is 17.4. The van der Waals surface area contributed by atoms with Crippen LogP contribution in [0.25, 0.3) is 0 Å². The SMILES string of the molecule is C=NC(=C)C(CCN1CCC(c2ccccc2)CC1)C(=O)NCc1cc(C(F)(F)F)cc(C(F)(F)F)c1. The lowest BCUT2D eigenvalue weighted by Crippen LogP contribution is -2.37. The predicted molar refractivity (Wildman–Crippen MR) is 130 cm³/mol. The average molecular weight is 526 g/mol. The van der Waals surface area contributed by atoms with Gasteiger partial charge in [0.1, 0.15) is 0 Å². The summed E-state index contributed by atoms with van der Waals surface area (Å²) in [5.41, 5.74) is -1.68. The van der Waals surface area contributed by atoms with Gasteiger partial charge in [-0.05, 0) is 80.9 Å². The van der Waals surface area contributed by atoms with Crippen molar-refractivity contribution in [1.82, 2.24) is 10.2 Å². The van der Waals surface area contributed by atoms with Crippen molar-refractivity contribution in [1.29, 1.82) is 0 Å². The molecule has 1 aliphatic heterocycles. The van der Waals surface area contributed by atoms with Crippen LogP contribution in [0, 0.1) is 5.92 Å². The maximum absolute atomic E-state index is 13.1. The van der Waals surface area contributed by atoms with Crippen LogP contribution in [0.1, 0.15) is 47.4 Å². The third-order valence-corrected chi connectivity index (χ3v) is 6.63. The zero-order valence-electron chi connectivity index (χ0n) is 20.2. The Hall–Kier alpha value is -3.14. The quantitative estimate of drug-likeness (QED) is 0.303. The minimum Gasteiger partial charge on any atom is -0.351 e. The second-order valence-corrected chi connectivity index (χ2v) is 9.15. The van der Waals surface area contributed by atoms with Crippen LogP contribution in [0.5, 0.6) is 0 Å². The molecule has 1 amide bonds. The van der Waals surface area contributed by atoms with Crippen LogP contribution in [0.4, 0.5) is 26.3 Å². The van der Waals surface area contributed by atoms with E-state index in [-0.39, 0.29) is 17.3 Å². The lowest BCUT2D eigenvalue weighted by Gasteiger charge is -2.33. The molecule has 0 aromatic heterocycles. The van der Waals surface area contributed by atoms with Gasteiger partial charge in [-0.2, -0.15) is 26.3 Å². The summed E-state index contributed by atoms with van der Waals surface area (Å²) >= 11 is 0. The number of aliphatic imine (C=N–C) groups is 1. The molecular formula is C27H29F6N3O. The number of amides is 1. The summed E-state index contributed by atoms with van der Waals surface area (Å²) in [6.45, 7) is 8.90. The van der Waals surface area contributed by atoms with Crippen molar-refractivity contribution in [3.63, 3.8) is 0 Å². The molecule has 200 valence electrons. The van der Waals surface area contributed by atoms with E-state index in [0.717, 1.165) is 25.9 Å². The highest BCUT2D eigenvalue weighted by Crippen LogP contribution is 2.36. The number of carbonyl (C=O) groups is 1. The normalized spacial score (nSPS) is 16.3. The third kappa shape index (κ3) is 7.92. The maximum atomic E-state index is 13.1. The Bertz CT molecular complexity index is 1060. The first-order valence-corrected chi connectivity index (χ1v) is 11.9. The fourth-order valence-electron chi connectivity index (χ4n) is 4.52. The molecular weight excluding hydrogens is 496 g/mol. The first kappa shape index (κ1) is 28.4. The van der Waals surface area contributed by atoms with E-state index >= 15 is 0 Å². The number of likely N-dealkylation sites (tertiary alicyclic amines) is 1. The Morgan fingerprint density at radius 3 is 2.08 bits per heavy atom. The van der Waals surface area contributed by atoms with Crippen LogP contribution in [0.2, 0.25) is 0 Å². The topological polar surface area (TPSA) is 44.7 Å². The van der Waals surface area contributed by atoms with Crippen LogP contribution in [-0.2, 0) is 23.7 Å². The highest BCUT2D eigenvalue weighted by atomic mass is 19.4. The number of hydrogen-bond acceptors (Lipinski definition) is 3. The Morgan fingerprint density at radius 2 is 1.57 bits per heavy atom. The summed E-state index contributed by atoms with van der Waals surface area (Å²) < 4.78 is 78.7. The summed E-state index contributed by atoms with van der Waals surface area (Å²) in [5, 5.41) is 2.45. The van der Waals surface area contributed by atoms with E-state index in [1.54, 1.807) is 0 Å². The van der Waals surface area contributed by atoms with E-state index in [2.05, 4.69) is 40.6 Å². The molecule has 0 saturated carbocycles. The van der Waals surface area contributed by atoms with Crippen molar-refractivity contribution in [3.8, 4) is 0 Å². The molecule has 0 bridgehead atoms. The predicted octanol–water partition coefficient (Wildman–Crippen LogP) is 6.44. The fraction of sp³-hybridized carbons (Fsp3) is 0.407. The third-order valence-electron chi connectivity index (χ3n) is 6.63. The van der Waals surface area contributed by atoms with E-state index in [1.807, 2.05) is 18.2 Å². The Morgan fingerprint density at radius 1 is 1.00 bits per heavy atom. The Balaban J connectivity index is 1.61. The van der Waals surface area contributed by atoms with Crippen LogP contribution < -0.4 is 5.32 Å². The van der Waals surface area contributed by atoms with Gasteiger partial charge >= 0.3 is 12.4 Å². The summed E-state index contributed by atoms with van der Waals surface area (Å²) in [7, 11) is 0. The van der Waals surface area contributed by atoms with Gasteiger partial charge in [-0.25, -0.2) is 0 Å². The molecule has 2 aromatic carbocycles. The zero-order chi connectivity index (χ0) is 27.2. The first-order valence-electron chi connectivity index (χ1n) is 11.9. The van der Waals surface area contributed by atoms with Crippen molar-refractivity contribution in [2.75, 3.05) is 19.6 Å². The molecule has 1 atom stereocenters. The van der Waals surface area contributed by atoms with Crippen molar-refractivity contribution < 1.29 is 31.1 Å². The van der Waals surface area contributed by atoms with E-state index in [1.165, 1.54) is 5.56 Å². The van der Waals surface area contributed by atoms with Crippen LogP contribution in [-0.4, -0.2) is 37.2 Å². The molecule has 1 aliphatic rings. The molecule has 10 heteroatoms. The molecule has 0 aliphatic carbocycles. The minimum absolute atomic E-state index is 0.0541. The van der Waals surface area contributed by atoms with Crippen molar-refractivity contribution in [2.45, 2.75) is 44.1 Å². The van der Waals surface area contributed by atoms with Gasteiger partial charge in [0.25, 0.3) is 0 Å². The molecule has 1 unspecified atom stereocenters. The molecule has 37 heavy (non-hydrogen) atoms. The summed E-state index contributed by atoms with van der Waals surface area (Å²) in [5.74, 6) is -0.921. The number of piperidine rings is 1. The van der Waals surface area contributed by atoms with Crippen molar-refractivity contribution in [3.05, 3.63) is 83.1 Å². The van der Waals surface area contributed by atoms with Gasteiger partial charge in [-0.1, -0.05) is 36.9 Å². The number of carbonyl (C=O) groups excluding carboxylic acids is 1. The Labute approximate surface area is 212 Å². The van der Waals surface area contributed by atoms with Gasteiger partial charge < -0.3 is 10.2 Å². The molecule has 0 radical (unpaired) electrons. The molecule has 1 fully saturated rings. The zero-order valence-corrected chi connectivity index (χ0v) is 20.2. The standard InChI is InChI=1S/C27H29F6N3O/c1-18(34-2)24(10-13-36-11-8-21(9-12-36)20-6-4-3-5-7-20)25(37)35-17-19-14-22(26(28,29)30)16-23(15-19)27(31,32)33/h3-7,14-16,21,24H,1-2,8-13,17H2,(H,35,37). The number of rotatable bonds is 9. The Kier molecular flexibility index (Phi) is 9.17. The van der Waals surface area contributed by atoms with E-state index < -0.39 is 41.8 Å². The summed E-state index contributed by atoms with van der Waals surface area (Å²) in [4.78, 5) is 18.8. The molecule has 1 saturated heterocycles. The molecule has 4 nitrogen and oxygen atoms in total. The van der Waals surface area contributed by atoms with Gasteiger partial charge in [0.05, 0.1) is 17.0 Å². The van der Waals surface area contributed by atoms with Crippen LogP contribution >= 0.6 is 0 Å². The fourth-order valence-corrected chi connectivity index (χ4v) is 4.52. The number of benzene rings is 2. The molecule has 3 rings (SSSR count). The summed E-state index contributed by atoms with van der Waals surface area (Å²) in [6, 6.07) is 11.5. The number of halogens is 6. The van der Waals surface area contributed by atoms with Gasteiger partial charge in [0.2, 0.25) is 5.91 Å². The number of nitrogens with one attached hydrogen (secondary N) is 1. The second-order valence-electron chi connectivity index (χ2n) is 9.15. The summed E-state index contributed by atoms with van der Waals surface area (Å²) in [6.07, 6.45) is -7.64. The minimum atomic E-state index is -4.96. The van der Waals surface area contributed by atoms with Crippen molar-refractivity contribution >= 4 is 12.6 Å². The van der Waals surface area contributed by atoms with Gasteiger partial charge in [0, 0.05) is 12.2 Å². The number of hydrogen-bond donors (Lipinski definition) is 1. The number of alkyl halides is 6. The highest BCUT2D eigenvalue weighted by molar-refractivity contribution is 5.81. The number of nitrogens with zero attached hydrogens (tertiary/aromatic N) is 2. The van der Waals surface area contributed by atoms with E-state index in [0.29, 0.717) is 31.0 Å².